The molecule has 2 aromatic rings. The van der Waals surface area contributed by atoms with E-state index in [2.05, 4.69) is 54.1 Å². The van der Waals surface area contributed by atoms with Gasteiger partial charge in [0.2, 0.25) is 0 Å². The molecular formula is C17H17Br2N3O3. The molecule has 0 spiro atoms. The molecular weight excluding hydrogens is 454 g/mol. The van der Waals surface area contributed by atoms with Crippen LogP contribution in [0.15, 0.2) is 39.9 Å². The summed E-state index contributed by atoms with van der Waals surface area (Å²) in [5, 5.41) is 14.3. The van der Waals surface area contributed by atoms with Gasteiger partial charge in [-0.3, -0.25) is 4.79 Å². The van der Waals surface area contributed by atoms with Gasteiger partial charge in [0.25, 0.3) is 5.91 Å². The summed E-state index contributed by atoms with van der Waals surface area (Å²) in [6.45, 7) is 4.60. The third kappa shape index (κ3) is 4.32. The molecule has 0 fully saturated rings. The van der Waals surface area contributed by atoms with Crippen LogP contribution in [-0.2, 0) is 0 Å². The van der Waals surface area contributed by atoms with Gasteiger partial charge in [-0.1, -0.05) is 18.7 Å². The number of anilines is 1. The minimum absolute atomic E-state index is 0.0787. The van der Waals surface area contributed by atoms with Crippen LogP contribution in [0.4, 0.5) is 5.69 Å². The number of hydrogen-bond acceptors (Lipinski definition) is 3. The Labute approximate surface area is 162 Å². The van der Waals surface area contributed by atoms with Gasteiger partial charge in [-0.25, -0.2) is 4.79 Å². The van der Waals surface area contributed by atoms with Crippen molar-refractivity contribution in [3.8, 4) is 0 Å². The van der Waals surface area contributed by atoms with Gasteiger partial charge in [0, 0.05) is 24.8 Å². The third-order valence-electron chi connectivity index (χ3n) is 3.62. The van der Waals surface area contributed by atoms with E-state index < -0.39 is 5.97 Å². The molecule has 1 amide bonds. The number of fused-ring (bicyclic) bond motifs is 1. The smallest absolute Gasteiger partial charge is 0.337 e. The maximum absolute atomic E-state index is 11.6. The van der Waals surface area contributed by atoms with Crippen molar-refractivity contribution in [2.24, 2.45) is 0 Å². The number of aromatic nitrogens is 1. The molecule has 1 aliphatic heterocycles. The molecule has 1 aromatic heterocycles. The molecule has 0 radical (unpaired) electrons. The van der Waals surface area contributed by atoms with Crippen molar-refractivity contribution in [2.75, 3.05) is 18.9 Å². The number of carboxylic acid groups (broad SMARTS) is 1. The molecule has 132 valence electrons. The molecule has 0 atom stereocenters. The maximum atomic E-state index is 11.6. The van der Waals surface area contributed by atoms with E-state index in [0.29, 0.717) is 23.5 Å². The quantitative estimate of drug-likeness (QED) is 0.531. The van der Waals surface area contributed by atoms with Gasteiger partial charge in [0.1, 0.15) is 5.69 Å². The molecule has 0 aliphatic carbocycles. The van der Waals surface area contributed by atoms with Crippen LogP contribution in [-0.4, -0.2) is 35.6 Å². The van der Waals surface area contributed by atoms with Gasteiger partial charge in [0.15, 0.2) is 0 Å². The van der Waals surface area contributed by atoms with Gasteiger partial charge < -0.3 is 20.7 Å². The first-order valence-electron chi connectivity index (χ1n) is 7.40. The summed E-state index contributed by atoms with van der Waals surface area (Å²) in [6.07, 6.45) is 0.779. The lowest BCUT2D eigenvalue weighted by Crippen LogP contribution is -2.22. The Morgan fingerprint density at radius 1 is 1.32 bits per heavy atom. The molecule has 25 heavy (non-hydrogen) atoms. The number of hydrogen-bond donors (Lipinski definition) is 4. The molecule has 0 unspecified atom stereocenters. The van der Waals surface area contributed by atoms with E-state index in [1.807, 2.05) is 0 Å². The van der Waals surface area contributed by atoms with Crippen LogP contribution in [0.2, 0.25) is 0 Å². The second-order valence-electron chi connectivity index (χ2n) is 5.21. The normalized spacial score (nSPS) is 13.1. The Morgan fingerprint density at radius 3 is 2.60 bits per heavy atom. The van der Waals surface area contributed by atoms with E-state index in [1.54, 1.807) is 31.3 Å². The molecule has 6 nitrogen and oxygen atoms in total. The van der Waals surface area contributed by atoms with E-state index in [9.17, 15) is 9.59 Å². The molecule has 1 aliphatic rings. The first kappa shape index (κ1) is 19.3. The van der Waals surface area contributed by atoms with E-state index in [-0.39, 0.29) is 5.91 Å². The number of carbonyl (C=O) groups is 2. The largest absolute Gasteiger partial charge is 0.478 e. The summed E-state index contributed by atoms with van der Waals surface area (Å²) in [7, 11) is 1.70. The highest BCUT2D eigenvalue weighted by molar-refractivity contribution is 9.13. The predicted octanol–water partition coefficient (Wildman–Crippen LogP) is 4.11. The number of carboxylic acids is 1. The van der Waals surface area contributed by atoms with Crippen molar-refractivity contribution >= 4 is 55.0 Å². The summed E-state index contributed by atoms with van der Waals surface area (Å²) < 4.78 is 1.65. The fraction of sp³-hybridized carbons (Fsp3) is 0.176. The highest BCUT2D eigenvalue weighted by atomic mass is 79.9. The number of amides is 1. The van der Waals surface area contributed by atoms with Gasteiger partial charge in [-0.15, -0.1) is 0 Å². The number of aromatic amines is 1. The Bertz CT molecular complexity index is 831. The zero-order valence-electron chi connectivity index (χ0n) is 13.5. The number of carbonyl (C=O) groups excluding carboxylic acids is 1. The molecule has 2 heterocycles. The van der Waals surface area contributed by atoms with E-state index in [4.69, 9.17) is 5.11 Å². The third-order valence-corrected chi connectivity index (χ3v) is 5.54. The molecule has 0 saturated carbocycles. The Balaban J connectivity index is 0.000000186. The van der Waals surface area contributed by atoms with Crippen LogP contribution >= 0.6 is 31.9 Å². The van der Waals surface area contributed by atoms with Crippen LogP contribution < -0.4 is 10.6 Å². The van der Waals surface area contributed by atoms with Gasteiger partial charge in [0.05, 0.1) is 14.6 Å². The van der Waals surface area contributed by atoms with E-state index in [1.165, 1.54) is 0 Å². The molecule has 0 saturated heterocycles. The van der Waals surface area contributed by atoms with Gasteiger partial charge in [-0.05, 0) is 56.0 Å². The van der Waals surface area contributed by atoms with E-state index >= 15 is 0 Å². The highest BCUT2D eigenvalue weighted by Crippen LogP contribution is 2.35. The molecule has 8 heteroatoms. The summed E-state index contributed by atoms with van der Waals surface area (Å²) in [4.78, 5) is 25.1. The topological polar surface area (TPSA) is 94.2 Å². The Morgan fingerprint density at radius 2 is 2.00 bits per heavy atom. The summed E-state index contributed by atoms with van der Waals surface area (Å²) >= 11 is 6.75. The van der Waals surface area contributed by atoms with Crippen molar-refractivity contribution < 1.29 is 14.7 Å². The maximum Gasteiger partial charge on any atom is 0.337 e. The number of aromatic carboxylic acids is 1. The van der Waals surface area contributed by atoms with Gasteiger partial charge >= 0.3 is 5.97 Å². The van der Waals surface area contributed by atoms with Crippen LogP contribution in [0.3, 0.4) is 0 Å². The minimum Gasteiger partial charge on any atom is -0.478 e. The van der Waals surface area contributed by atoms with Crippen LogP contribution in [0.1, 0.15) is 32.8 Å². The first-order valence-corrected chi connectivity index (χ1v) is 8.98. The lowest BCUT2D eigenvalue weighted by molar-refractivity contribution is 0.0697. The Kier molecular flexibility index (Phi) is 6.44. The summed E-state index contributed by atoms with van der Waals surface area (Å²) in [5.41, 5.74) is 3.36. The van der Waals surface area contributed by atoms with Gasteiger partial charge in [-0.2, -0.15) is 0 Å². The van der Waals surface area contributed by atoms with Crippen molar-refractivity contribution in [1.29, 1.82) is 0 Å². The van der Waals surface area contributed by atoms with Crippen molar-refractivity contribution in [3.05, 3.63) is 56.7 Å². The van der Waals surface area contributed by atoms with Crippen LogP contribution in [0.25, 0.3) is 5.57 Å². The average Bonchev–Trinajstić information content (AvgIpc) is 2.82. The average molecular weight is 471 g/mol. The fourth-order valence-corrected chi connectivity index (χ4v) is 3.35. The van der Waals surface area contributed by atoms with Crippen LogP contribution in [0, 0.1) is 0 Å². The lowest BCUT2D eigenvalue weighted by Gasteiger charge is -2.02. The SMILES string of the molecule is C=C1CCNC(=O)c2[nH]c(Br)c(Br)c21.CNc1ccccc1C(=O)O. The number of benzene rings is 1. The molecule has 0 bridgehead atoms. The van der Waals surface area contributed by atoms with Crippen molar-refractivity contribution in [2.45, 2.75) is 6.42 Å². The fourth-order valence-electron chi connectivity index (χ4n) is 2.38. The molecule has 3 rings (SSSR count). The monoisotopic (exact) mass is 469 g/mol. The highest BCUT2D eigenvalue weighted by Gasteiger charge is 2.23. The van der Waals surface area contributed by atoms with Crippen molar-refractivity contribution in [3.63, 3.8) is 0 Å². The number of nitrogens with one attached hydrogen (secondary N) is 3. The number of halogens is 2. The minimum atomic E-state index is -0.907. The summed E-state index contributed by atoms with van der Waals surface area (Å²) in [6, 6.07) is 6.78. The van der Waals surface area contributed by atoms with E-state index in [0.717, 1.165) is 26.6 Å². The number of para-hydroxylation sites is 1. The van der Waals surface area contributed by atoms with Crippen molar-refractivity contribution in [1.82, 2.24) is 10.3 Å². The first-order chi connectivity index (χ1) is 11.9. The molecule has 4 N–H and O–H groups in total. The second kappa shape index (κ2) is 8.35. The number of H-pyrrole nitrogens is 1. The summed E-state index contributed by atoms with van der Waals surface area (Å²) in [5.74, 6) is -0.986. The standard InChI is InChI=1S/C9H8Br2N2O.C8H9NO2/c1-4-2-3-12-9(14)7-5(4)6(10)8(11)13-7;1-9-7-5-3-2-4-6(7)8(10)11/h13H,1-3H2,(H,12,14);2-5,9H,1H3,(H,10,11). The second-order valence-corrected chi connectivity index (χ2v) is 6.80. The zero-order chi connectivity index (χ0) is 18.6. The number of rotatable bonds is 2. The van der Waals surface area contributed by atoms with Crippen LogP contribution in [0.5, 0.6) is 0 Å². The predicted molar refractivity (Wildman–Crippen MR) is 105 cm³/mol. The Hall–Kier alpha value is -2.06. The molecule has 1 aromatic carbocycles. The zero-order valence-corrected chi connectivity index (χ0v) is 16.6. The lowest BCUT2D eigenvalue weighted by atomic mass is 10.1.